The van der Waals surface area contributed by atoms with E-state index in [1.54, 1.807) is 18.2 Å². The number of anilines is 1. The van der Waals surface area contributed by atoms with E-state index in [0.717, 1.165) is 25.7 Å². The van der Waals surface area contributed by atoms with E-state index < -0.39 is 6.09 Å². The second-order valence-corrected chi connectivity index (χ2v) is 6.70. The second-order valence-electron chi connectivity index (χ2n) is 6.70. The average molecular weight is 333 g/mol. The molecule has 0 atom stereocenters. The van der Waals surface area contributed by atoms with Gasteiger partial charge in [-0.05, 0) is 45.7 Å². The molecule has 0 bridgehead atoms. The van der Waals surface area contributed by atoms with Gasteiger partial charge in [0.1, 0.15) is 17.4 Å². The van der Waals surface area contributed by atoms with Gasteiger partial charge in [0, 0.05) is 12.1 Å². The topological polar surface area (TPSA) is 99.6 Å². The van der Waals surface area contributed by atoms with Crippen molar-refractivity contribution in [2.45, 2.75) is 52.0 Å². The molecule has 0 aromatic heterocycles. The van der Waals surface area contributed by atoms with Crippen molar-refractivity contribution >= 4 is 11.8 Å². The van der Waals surface area contributed by atoms with Crippen LogP contribution in [-0.4, -0.2) is 34.8 Å². The number of rotatable bonds is 8. The lowest BCUT2D eigenvalue weighted by Gasteiger charge is -2.33. The highest BCUT2D eigenvalue weighted by Gasteiger charge is 2.25. The summed E-state index contributed by atoms with van der Waals surface area (Å²) in [6, 6.07) is 7.23. The molecule has 132 valence electrons. The SMILES string of the molecule is CC(C)(C)N(CCCCCCOc1cccc(N)c1C#N)C(=O)O. The van der Waals surface area contributed by atoms with Crippen LogP contribution < -0.4 is 10.5 Å². The molecule has 24 heavy (non-hydrogen) atoms. The molecule has 0 radical (unpaired) electrons. The number of hydrogen-bond acceptors (Lipinski definition) is 4. The fourth-order valence-corrected chi connectivity index (χ4v) is 2.41. The Bertz CT molecular complexity index is 588. The van der Waals surface area contributed by atoms with E-state index in [4.69, 9.17) is 15.7 Å². The number of carbonyl (C=O) groups is 1. The van der Waals surface area contributed by atoms with Crippen molar-refractivity contribution in [3.8, 4) is 11.8 Å². The van der Waals surface area contributed by atoms with Crippen LogP contribution in [0.2, 0.25) is 0 Å². The number of nitriles is 1. The minimum atomic E-state index is -0.878. The molecule has 0 spiro atoms. The van der Waals surface area contributed by atoms with Gasteiger partial charge in [-0.25, -0.2) is 4.79 Å². The summed E-state index contributed by atoms with van der Waals surface area (Å²) in [6.45, 7) is 6.74. The highest BCUT2D eigenvalue weighted by molar-refractivity contribution is 5.65. The third-order valence-electron chi connectivity index (χ3n) is 3.74. The molecular weight excluding hydrogens is 306 g/mol. The van der Waals surface area contributed by atoms with E-state index in [1.807, 2.05) is 20.8 Å². The van der Waals surface area contributed by atoms with Crippen LogP contribution >= 0.6 is 0 Å². The zero-order valence-corrected chi connectivity index (χ0v) is 14.7. The average Bonchev–Trinajstić information content (AvgIpc) is 2.48. The van der Waals surface area contributed by atoms with Crippen LogP contribution in [0.5, 0.6) is 5.75 Å². The second kappa shape index (κ2) is 9.02. The van der Waals surface area contributed by atoms with Gasteiger partial charge in [-0.2, -0.15) is 5.26 Å². The molecule has 0 aliphatic heterocycles. The van der Waals surface area contributed by atoms with Crippen LogP contribution in [0.15, 0.2) is 18.2 Å². The lowest BCUT2D eigenvalue weighted by atomic mass is 10.1. The van der Waals surface area contributed by atoms with Gasteiger partial charge < -0.3 is 20.5 Å². The zero-order valence-electron chi connectivity index (χ0n) is 14.7. The van der Waals surface area contributed by atoms with Crippen molar-refractivity contribution in [1.29, 1.82) is 5.26 Å². The quantitative estimate of drug-likeness (QED) is 0.556. The Morgan fingerprint density at radius 2 is 1.96 bits per heavy atom. The smallest absolute Gasteiger partial charge is 0.407 e. The van der Waals surface area contributed by atoms with Gasteiger partial charge in [0.15, 0.2) is 0 Å². The molecule has 1 rings (SSSR count). The summed E-state index contributed by atoms with van der Waals surface area (Å²) in [5.41, 5.74) is 6.15. The Hall–Kier alpha value is -2.42. The maximum absolute atomic E-state index is 11.2. The third kappa shape index (κ3) is 5.99. The Labute approximate surface area is 143 Å². The van der Waals surface area contributed by atoms with Crippen LogP contribution in [-0.2, 0) is 0 Å². The fourth-order valence-electron chi connectivity index (χ4n) is 2.41. The van der Waals surface area contributed by atoms with E-state index in [-0.39, 0.29) is 5.54 Å². The molecule has 3 N–H and O–H groups in total. The Kier molecular flexibility index (Phi) is 7.37. The van der Waals surface area contributed by atoms with Gasteiger partial charge in [0.05, 0.1) is 12.3 Å². The first-order valence-electron chi connectivity index (χ1n) is 8.19. The van der Waals surface area contributed by atoms with Crippen LogP contribution in [0, 0.1) is 11.3 Å². The molecule has 0 aliphatic carbocycles. The number of nitrogens with zero attached hydrogens (tertiary/aromatic N) is 2. The van der Waals surface area contributed by atoms with Gasteiger partial charge in [0.2, 0.25) is 0 Å². The van der Waals surface area contributed by atoms with Crippen molar-refractivity contribution in [1.82, 2.24) is 4.90 Å². The lowest BCUT2D eigenvalue weighted by Crippen LogP contribution is -2.45. The number of carboxylic acid groups (broad SMARTS) is 1. The molecular formula is C18H27N3O3. The molecule has 0 heterocycles. The van der Waals surface area contributed by atoms with Crippen molar-refractivity contribution in [2.75, 3.05) is 18.9 Å². The van der Waals surface area contributed by atoms with Crippen molar-refractivity contribution < 1.29 is 14.6 Å². The molecule has 1 aromatic carbocycles. The summed E-state index contributed by atoms with van der Waals surface area (Å²) in [5.74, 6) is 0.516. The van der Waals surface area contributed by atoms with Gasteiger partial charge >= 0.3 is 6.09 Å². The standard InChI is InChI=1S/C18H27N3O3/c1-18(2,3)21(17(22)23)11-6-4-5-7-12-24-16-10-8-9-15(20)14(16)13-19/h8-10H,4-7,11-12,20H2,1-3H3,(H,22,23). The van der Waals surface area contributed by atoms with Crippen LogP contribution in [0.3, 0.4) is 0 Å². The minimum absolute atomic E-state index is 0.375. The van der Waals surface area contributed by atoms with Gasteiger partial charge in [0.25, 0.3) is 0 Å². The number of nitrogen functional groups attached to an aromatic ring is 1. The molecule has 6 heteroatoms. The highest BCUT2D eigenvalue weighted by Crippen LogP contribution is 2.23. The number of nitrogens with two attached hydrogens (primary N) is 1. The first-order valence-corrected chi connectivity index (χ1v) is 8.19. The number of hydrogen-bond donors (Lipinski definition) is 2. The molecule has 0 saturated heterocycles. The Balaban J connectivity index is 2.27. The summed E-state index contributed by atoms with van der Waals surface area (Å²) >= 11 is 0. The van der Waals surface area contributed by atoms with E-state index >= 15 is 0 Å². The number of ether oxygens (including phenoxy) is 1. The Morgan fingerprint density at radius 3 is 2.54 bits per heavy atom. The summed E-state index contributed by atoms with van der Waals surface area (Å²) in [4.78, 5) is 12.7. The first kappa shape index (κ1) is 19.6. The molecule has 1 amide bonds. The number of unbranched alkanes of at least 4 members (excludes halogenated alkanes) is 3. The predicted molar refractivity (Wildman–Crippen MR) is 94.0 cm³/mol. The number of amides is 1. The van der Waals surface area contributed by atoms with Gasteiger partial charge in [-0.15, -0.1) is 0 Å². The molecule has 1 aromatic rings. The molecule has 0 unspecified atom stereocenters. The molecule has 6 nitrogen and oxygen atoms in total. The molecule has 0 fully saturated rings. The largest absolute Gasteiger partial charge is 0.492 e. The maximum atomic E-state index is 11.2. The third-order valence-corrected chi connectivity index (χ3v) is 3.74. The van der Waals surface area contributed by atoms with Gasteiger partial charge in [-0.1, -0.05) is 18.9 Å². The number of benzene rings is 1. The van der Waals surface area contributed by atoms with Crippen molar-refractivity contribution in [2.24, 2.45) is 0 Å². The summed E-state index contributed by atoms with van der Waals surface area (Å²) in [6.07, 6.45) is 2.68. The van der Waals surface area contributed by atoms with Crippen molar-refractivity contribution in [3.05, 3.63) is 23.8 Å². The van der Waals surface area contributed by atoms with Crippen LogP contribution in [0.4, 0.5) is 10.5 Å². The molecule has 0 aliphatic rings. The lowest BCUT2D eigenvalue weighted by molar-refractivity contribution is 0.0989. The van der Waals surface area contributed by atoms with Crippen LogP contribution in [0.1, 0.15) is 52.0 Å². The summed E-state index contributed by atoms with van der Waals surface area (Å²) in [7, 11) is 0. The predicted octanol–water partition coefficient (Wildman–Crippen LogP) is 3.86. The van der Waals surface area contributed by atoms with E-state index in [2.05, 4.69) is 6.07 Å². The monoisotopic (exact) mass is 333 g/mol. The van der Waals surface area contributed by atoms with Crippen LogP contribution in [0.25, 0.3) is 0 Å². The summed E-state index contributed by atoms with van der Waals surface area (Å²) in [5, 5.41) is 18.3. The van der Waals surface area contributed by atoms with E-state index in [1.165, 1.54) is 4.90 Å². The highest BCUT2D eigenvalue weighted by atomic mass is 16.5. The first-order chi connectivity index (χ1) is 11.3. The zero-order chi connectivity index (χ0) is 18.2. The normalized spacial score (nSPS) is 10.9. The fraction of sp³-hybridized carbons (Fsp3) is 0.556. The maximum Gasteiger partial charge on any atom is 0.407 e. The van der Waals surface area contributed by atoms with E-state index in [9.17, 15) is 9.90 Å². The van der Waals surface area contributed by atoms with Crippen molar-refractivity contribution in [3.63, 3.8) is 0 Å². The minimum Gasteiger partial charge on any atom is -0.492 e. The molecule has 0 saturated carbocycles. The van der Waals surface area contributed by atoms with Gasteiger partial charge in [-0.3, -0.25) is 0 Å². The summed E-state index contributed by atoms with van der Waals surface area (Å²) < 4.78 is 5.62. The van der Waals surface area contributed by atoms with E-state index in [0.29, 0.717) is 30.2 Å². The Morgan fingerprint density at radius 1 is 1.29 bits per heavy atom.